The molecule has 3 rings (SSSR count). The van der Waals surface area contributed by atoms with Gasteiger partial charge in [-0.05, 0) is 44.1 Å². The zero-order chi connectivity index (χ0) is 17.6. The van der Waals surface area contributed by atoms with E-state index in [1.165, 1.54) is 31.5 Å². The first-order valence-electron chi connectivity index (χ1n) is 8.89. The van der Waals surface area contributed by atoms with Crippen LogP contribution < -0.4 is 10.6 Å². The second-order valence-corrected chi connectivity index (χ2v) is 6.69. The molecule has 2 heterocycles. The molecule has 2 N–H and O–H groups in total. The number of aromatic nitrogens is 2. The number of carbonyl (C=O) groups excluding carboxylic acids is 1. The first kappa shape index (κ1) is 23.4. The Morgan fingerprint density at radius 1 is 1.22 bits per heavy atom. The third-order valence-electron chi connectivity index (χ3n) is 4.67. The van der Waals surface area contributed by atoms with Crippen molar-refractivity contribution in [3.05, 3.63) is 53.3 Å². The lowest BCUT2D eigenvalue weighted by Crippen LogP contribution is -2.35. The molecule has 1 aliphatic heterocycles. The van der Waals surface area contributed by atoms with Crippen molar-refractivity contribution in [2.45, 2.75) is 32.0 Å². The van der Waals surface area contributed by atoms with Crippen LogP contribution in [0.15, 0.2) is 36.7 Å². The minimum absolute atomic E-state index is 0. The number of nitrogens with zero attached hydrogens (tertiary/aromatic N) is 3. The Bertz CT molecular complexity index is 716. The van der Waals surface area contributed by atoms with E-state index >= 15 is 0 Å². The number of hydrogen-bond acceptors (Lipinski definition) is 4. The fraction of sp³-hybridized carbons (Fsp3) is 0.474. The summed E-state index contributed by atoms with van der Waals surface area (Å²) < 4.78 is 1.70. The van der Waals surface area contributed by atoms with Gasteiger partial charge in [0.1, 0.15) is 6.04 Å². The molecule has 1 amide bonds. The summed E-state index contributed by atoms with van der Waals surface area (Å²) in [7, 11) is 3.63. The first-order valence-corrected chi connectivity index (χ1v) is 8.89. The number of amides is 1. The summed E-state index contributed by atoms with van der Waals surface area (Å²) in [6.45, 7) is 3.91. The zero-order valence-electron chi connectivity index (χ0n) is 15.9. The van der Waals surface area contributed by atoms with E-state index < -0.39 is 0 Å². The third-order valence-corrected chi connectivity index (χ3v) is 4.67. The van der Waals surface area contributed by atoms with Gasteiger partial charge in [0.2, 0.25) is 5.91 Å². The van der Waals surface area contributed by atoms with Crippen molar-refractivity contribution in [2.24, 2.45) is 7.05 Å². The molecule has 2 aromatic rings. The van der Waals surface area contributed by atoms with Crippen molar-refractivity contribution in [2.75, 3.05) is 20.1 Å². The second kappa shape index (κ2) is 11.3. The molecule has 0 spiro atoms. The Balaban J connectivity index is 0.00000182. The maximum absolute atomic E-state index is 12.5. The predicted molar refractivity (Wildman–Crippen MR) is 112 cm³/mol. The van der Waals surface area contributed by atoms with Crippen molar-refractivity contribution in [1.29, 1.82) is 0 Å². The van der Waals surface area contributed by atoms with Crippen molar-refractivity contribution in [1.82, 2.24) is 25.3 Å². The summed E-state index contributed by atoms with van der Waals surface area (Å²) >= 11 is 0. The molecule has 1 atom stereocenters. The lowest BCUT2D eigenvalue weighted by molar-refractivity contribution is -0.123. The summed E-state index contributed by atoms with van der Waals surface area (Å²) in [6, 6.07) is 8.10. The van der Waals surface area contributed by atoms with Crippen LogP contribution in [0.3, 0.4) is 0 Å². The number of likely N-dealkylation sites (N-methyl/N-ethyl adjacent to an activating group) is 1. The van der Waals surface area contributed by atoms with E-state index in [0.29, 0.717) is 6.54 Å². The van der Waals surface area contributed by atoms with Crippen LogP contribution in [-0.4, -0.2) is 40.7 Å². The molecule has 27 heavy (non-hydrogen) atoms. The smallest absolute Gasteiger partial charge is 0.242 e. The van der Waals surface area contributed by atoms with Gasteiger partial charge in [-0.15, -0.1) is 24.8 Å². The molecule has 0 bridgehead atoms. The molecule has 1 aromatic carbocycles. The van der Waals surface area contributed by atoms with E-state index in [2.05, 4.69) is 44.9 Å². The Kier molecular flexibility index (Phi) is 9.80. The van der Waals surface area contributed by atoms with Gasteiger partial charge >= 0.3 is 0 Å². The van der Waals surface area contributed by atoms with E-state index in [4.69, 9.17) is 0 Å². The SMILES string of the molecule is CNC(C(=O)NCc1cccc(CN2CCCC2)c1)c1cnn(C)c1.Cl.Cl. The van der Waals surface area contributed by atoms with Crippen molar-refractivity contribution in [3.8, 4) is 0 Å². The lowest BCUT2D eigenvalue weighted by Gasteiger charge is -2.16. The van der Waals surface area contributed by atoms with Gasteiger partial charge in [-0.3, -0.25) is 14.4 Å². The van der Waals surface area contributed by atoms with Gasteiger partial charge in [-0.1, -0.05) is 24.3 Å². The third kappa shape index (κ3) is 6.50. The normalized spacial score (nSPS) is 14.9. The van der Waals surface area contributed by atoms with Crippen LogP contribution in [0.25, 0.3) is 0 Å². The highest BCUT2D eigenvalue weighted by Crippen LogP contribution is 2.15. The number of likely N-dealkylation sites (tertiary alicyclic amines) is 1. The number of nitrogens with one attached hydrogen (secondary N) is 2. The molecule has 1 unspecified atom stereocenters. The Hall–Kier alpha value is -1.60. The second-order valence-electron chi connectivity index (χ2n) is 6.69. The molecule has 0 radical (unpaired) electrons. The van der Waals surface area contributed by atoms with E-state index in [0.717, 1.165) is 17.7 Å². The average molecular weight is 414 g/mol. The highest BCUT2D eigenvalue weighted by Gasteiger charge is 2.19. The summed E-state index contributed by atoms with van der Waals surface area (Å²) in [4.78, 5) is 15.0. The minimum Gasteiger partial charge on any atom is -0.350 e. The molecule has 6 nitrogen and oxygen atoms in total. The predicted octanol–water partition coefficient (Wildman–Crippen LogP) is 2.44. The number of carbonyl (C=O) groups is 1. The van der Waals surface area contributed by atoms with E-state index in [1.807, 2.05) is 13.2 Å². The number of benzene rings is 1. The maximum atomic E-state index is 12.5. The van der Waals surface area contributed by atoms with Gasteiger partial charge in [0.25, 0.3) is 0 Å². The van der Waals surface area contributed by atoms with Crippen molar-refractivity contribution in [3.63, 3.8) is 0 Å². The van der Waals surface area contributed by atoms with Crippen LogP contribution in [0.1, 0.15) is 35.6 Å². The number of halogens is 2. The average Bonchev–Trinajstić information content (AvgIpc) is 3.26. The van der Waals surface area contributed by atoms with Crippen molar-refractivity contribution >= 4 is 30.7 Å². The van der Waals surface area contributed by atoms with E-state index in [9.17, 15) is 4.79 Å². The van der Waals surface area contributed by atoms with Gasteiger partial charge < -0.3 is 10.6 Å². The first-order chi connectivity index (χ1) is 12.2. The standard InChI is InChI=1S/C19H27N5O.2ClH/c1-20-18(17-12-22-23(2)14-17)19(25)21-11-15-6-5-7-16(10-15)13-24-8-3-4-9-24;;/h5-7,10,12,14,18,20H,3-4,8-9,11,13H2,1-2H3,(H,21,25);2*1H. The van der Waals surface area contributed by atoms with Crippen molar-refractivity contribution < 1.29 is 4.79 Å². The summed E-state index contributed by atoms with van der Waals surface area (Å²) in [5, 5.41) is 10.2. The van der Waals surface area contributed by atoms with Gasteiger partial charge in [0.15, 0.2) is 0 Å². The molecule has 0 saturated carbocycles. The Labute approximate surface area is 173 Å². The quantitative estimate of drug-likeness (QED) is 0.731. The molecular weight excluding hydrogens is 385 g/mol. The van der Waals surface area contributed by atoms with Crippen LogP contribution in [0.4, 0.5) is 0 Å². The van der Waals surface area contributed by atoms with Crippen LogP contribution in [0.2, 0.25) is 0 Å². The van der Waals surface area contributed by atoms with E-state index in [-0.39, 0.29) is 36.8 Å². The fourth-order valence-corrected chi connectivity index (χ4v) is 3.37. The molecule has 0 aliphatic carbocycles. The molecule has 1 fully saturated rings. The molecule has 1 aromatic heterocycles. The summed E-state index contributed by atoms with van der Waals surface area (Å²) in [5.41, 5.74) is 3.31. The van der Waals surface area contributed by atoms with Crippen LogP contribution in [0.5, 0.6) is 0 Å². The molecule has 1 saturated heterocycles. The largest absolute Gasteiger partial charge is 0.350 e. The number of aryl methyl sites for hydroxylation is 1. The van der Waals surface area contributed by atoms with Crippen LogP contribution in [0, 0.1) is 0 Å². The van der Waals surface area contributed by atoms with Gasteiger partial charge in [-0.2, -0.15) is 5.10 Å². The Morgan fingerprint density at radius 2 is 1.93 bits per heavy atom. The van der Waals surface area contributed by atoms with Gasteiger partial charge in [0.05, 0.1) is 6.20 Å². The lowest BCUT2D eigenvalue weighted by atomic mass is 10.1. The molecule has 1 aliphatic rings. The number of hydrogen-bond donors (Lipinski definition) is 2. The monoisotopic (exact) mass is 413 g/mol. The highest BCUT2D eigenvalue weighted by atomic mass is 35.5. The topological polar surface area (TPSA) is 62.2 Å². The molecular formula is C19H29Cl2N5O. The number of rotatable bonds is 7. The zero-order valence-corrected chi connectivity index (χ0v) is 17.5. The summed E-state index contributed by atoms with van der Waals surface area (Å²) in [6.07, 6.45) is 6.18. The van der Waals surface area contributed by atoms with E-state index in [1.54, 1.807) is 17.9 Å². The molecule has 150 valence electrons. The molecule has 8 heteroatoms. The summed E-state index contributed by atoms with van der Waals surface area (Å²) in [5.74, 6) is -0.0413. The minimum atomic E-state index is -0.388. The fourth-order valence-electron chi connectivity index (χ4n) is 3.37. The Morgan fingerprint density at radius 3 is 2.56 bits per heavy atom. The van der Waals surface area contributed by atoms with Gasteiger partial charge in [-0.25, -0.2) is 0 Å². The van der Waals surface area contributed by atoms with Gasteiger partial charge in [0, 0.05) is 31.9 Å². The van der Waals surface area contributed by atoms with Crippen LogP contribution >= 0.6 is 24.8 Å². The van der Waals surface area contributed by atoms with Crippen LogP contribution in [-0.2, 0) is 24.9 Å². The highest BCUT2D eigenvalue weighted by molar-refractivity contribution is 5.85. The maximum Gasteiger partial charge on any atom is 0.242 e.